The topological polar surface area (TPSA) is 49.3 Å². The third kappa shape index (κ3) is 2.83. The molecule has 1 saturated heterocycles. The van der Waals surface area contributed by atoms with Gasteiger partial charge in [-0.3, -0.25) is 4.79 Å². The summed E-state index contributed by atoms with van der Waals surface area (Å²) in [4.78, 5) is 10.3. The first kappa shape index (κ1) is 10.2. The first-order chi connectivity index (χ1) is 4.30. The Bertz CT molecular complexity index is 112. The zero-order valence-electron chi connectivity index (χ0n) is 5.67. The summed E-state index contributed by atoms with van der Waals surface area (Å²) >= 11 is 0. The van der Waals surface area contributed by atoms with E-state index in [1.807, 2.05) is 0 Å². The van der Waals surface area contributed by atoms with Gasteiger partial charge in [0.2, 0.25) is 0 Å². The molecule has 0 amide bonds. The maximum Gasteiger partial charge on any atom is 0.320 e. The van der Waals surface area contributed by atoms with Gasteiger partial charge >= 0.3 is 5.97 Å². The van der Waals surface area contributed by atoms with Gasteiger partial charge in [-0.05, 0) is 19.4 Å². The van der Waals surface area contributed by atoms with Crippen LogP contribution in [0.2, 0.25) is 0 Å². The average Bonchev–Trinajstić information content (AvgIpc) is 1.90. The Kier molecular flexibility index (Phi) is 4.98. The van der Waals surface area contributed by atoms with E-state index < -0.39 is 5.97 Å². The van der Waals surface area contributed by atoms with E-state index in [0.29, 0.717) is 0 Å². The second kappa shape index (κ2) is 4.90. The first-order valence-electron chi connectivity index (χ1n) is 3.27. The van der Waals surface area contributed by atoms with E-state index in [1.165, 1.54) is 0 Å². The third-order valence-corrected chi connectivity index (χ3v) is 1.61. The van der Waals surface area contributed by atoms with E-state index in [4.69, 9.17) is 5.11 Å². The van der Waals surface area contributed by atoms with E-state index in [-0.39, 0.29) is 30.0 Å². The Balaban J connectivity index is 0.000000810. The minimum absolute atomic E-state index is 0. The molecule has 1 rings (SSSR count). The van der Waals surface area contributed by atoms with Crippen LogP contribution in [0.1, 0.15) is 19.3 Å². The number of carboxylic acids is 1. The molecule has 0 aliphatic carbocycles. The Morgan fingerprint density at radius 1 is 1.50 bits per heavy atom. The normalized spacial score (nSPS) is 25.0. The van der Waals surface area contributed by atoms with Crippen LogP contribution >= 0.6 is 24.0 Å². The molecule has 0 aromatic heterocycles. The number of hydrogen-bond donors (Lipinski definition) is 2. The van der Waals surface area contributed by atoms with Gasteiger partial charge in [-0.15, -0.1) is 24.0 Å². The molecular weight excluding hydrogens is 245 g/mol. The molecule has 3 nitrogen and oxygen atoms in total. The molecule has 10 heavy (non-hydrogen) atoms. The molecule has 1 unspecified atom stereocenters. The fourth-order valence-electron chi connectivity index (χ4n) is 1.06. The molecule has 0 saturated carbocycles. The molecule has 0 bridgehead atoms. The van der Waals surface area contributed by atoms with Gasteiger partial charge in [-0.2, -0.15) is 0 Å². The van der Waals surface area contributed by atoms with Gasteiger partial charge in [0.25, 0.3) is 0 Å². The second-order valence-electron chi connectivity index (χ2n) is 2.34. The second-order valence-corrected chi connectivity index (χ2v) is 2.34. The molecule has 1 fully saturated rings. The monoisotopic (exact) mass is 257 g/mol. The number of carboxylic acid groups (broad SMARTS) is 1. The van der Waals surface area contributed by atoms with Gasteiger partial charge in [0.1, 0.15) is 6.04 Å². The SMILES string of the molecule is I.O=C(O)C1CCCCN1. The molecule has 0 radical (unpaired) electrons. The molecule has 1 aliphatic heterocycles. The Morgan fingerprint density at radius 3 is 2.50 bits per heavy atom. The van der Waals surface area contributed by atoms with Crippen molar-refractivity contribution in [1.29, 1.82) is 0 Å². The molecular formula is C6H12INO2. The highest BCUT2D eigenvalue weighted by Gasteiger charge is 2.18. The Hall–Kier alpha value is 0.160. The van der Waals surface area contributed by atoms with Crippen molar-refractivity contribution in [3.8, 4) is 0 Å². The lowest BCUT2D eigenvalue weighted by Gasteiger charge is -2.18. The van der Waals surface area contributed by atoms with Crippen LogP contribution in [0.3, 0.4) is 0 Å². The summed E-state index contributed by atoms with van der Waals surface area (Å²) in [6, 6.07) is -0.279. The van der Waals surface area contributed by atoms with Crippen LogP contribution in [-0.2, 0) is 4.79 Å². The van der Waals surface area contributed by atoms with Crippen molar-refractivity contribution in [3.05, 3.63) is 0 Å². The summed E-state index contributed by atoms with van der Waals surface area (Å²) in [5.41, 5.74) is 0. The number of hydrogen-bond acceptors (Lipinski definition) is 2. The Labute approximate surface area is 77.2 Å². The van der Waals surface area contributed by atoms with Crippen LogP contribution in [0.15, 0.2) is 0 Å². The molecule has 0 aromatic rings. The van der Waals surface area contributed by atoms with Crippen LogP contribution < -0.4 is 5.32 Å². The molecule has 0 aromatic carbocycles. The summed E-state index contributed by atoms with van der Waals surface area (Å²) in [7, 11) is 0. The van der Waals surface area contributed by atoms with Gasteiger partial charge in [-0.1, -0.05) is 6.42 Å². The van der Waals surface area contributed by atoms with E-state index in [0.717, 1.165) is 25.8 Å². The van der Waals surface area contributed by atoms with Crippen molar-refractivity contribution in [2.45, 2.75) is 25.3 Å². The van der Waals surface area contributed by atoms with E-state index in [1.54, 1.807) is 0 Å². The lowest BCUT2D eigenvalue weighted by Crippen LogP contribution is -2.40. The summed E-state index contributed by atoms with van der Waals surface area (Å²) in [6.45, 7) is 0.858. The smallest absolute Gasteiger partial charge is 0.320 e. The fraction of sp³-hybridized carbons (Fsp3) is 0.833. The molecule has 0 spiro atoms. The number of rotatable bonds is 1. The molecule has 4 heteroatoms. The summed E-state index contributed by atoms with van der Waals surface area (Å²) < 4.78 is 0. The van der Waals surface area contributed by atoms with E-state index in [9.17, 15) is 4.79 Å². The van der Waals surface area contributed by atoms with E-state index in [2.05, 4.69) is 5.32 Å². The van der Waals surface area contributed by atoms with Gasteiger partial charge < -0.3 is 10.4 Å². The summed E-state index contributed by atoms with van der Waals surface area (Å²) in [5.74, 6) is -0.713. The number of halogens is 1. The van der Waals surface area contributed by atoms with Gasteiger partial charge in [0, 0.05) is 0 Å². The maximum atomic E-state index is 10.3. The van der Waals surface area contributed by atoms with Gasteiger partial charge in [0.05, 0.1) is 0 Å². The van der Waals surface area contributed by atoms with Crippen LogP contribution in [0.4, 0.5) is 0 Å². The van der Waals surface area contributed by atoms with Crippen LogP contribution in [0, 0.1) is 0 Å². The molecule has 1 atom stereocenters. The molecule has 2 N–H and O–H groups in total. The number of piperidine rings is 1. The van der Waals surface area contributed by atoms with Gasteiger partial charge in [-0.25, -0.2) is 0 Å². The van der Waals surface area contributed by atoms with Crippen molar-refractivity contribution < 1.29 is 9.90 Å². The zero-order chi connectivity index (χ0) is 6.69. The Morgan fingerprint density at radius 2 is 2.20 bits per heavy atom. The zero-order valence-corrected chi connectivity index (χ0v) is 8.00. The van der Waals surface area contributed by atoms with Crippen molar-refractivity contribution in [2.75, 3.05) is 6.54 Å². The van der Waals surface area contributed by atoms with Crippen molar-refractivity contribution in [3.63, 3.8) is 0 Å². The number of nitrogens with one attached hydrogen (secondary N) is 1. The average molecular weight is 257 g/mol. The van der Waals surface area contributed by atoms with Gasteiger partial charge in [0.15, 0.2) is 0 Å². The molecule has 1 aliphatic rings. The number of aliphatic carboxylic acids is 1. The minimum Gasteiger partial charge on any atom is -0.480 e. The van der Waals surface area contributed by atoms with Crippen molar-refractivity contribution >= 4 is 29.9 Å². The van der Waals surface area contributed by atoms with Crippen molar-refractivity contribution in [1.82, 2.24) is 5.32 Å². The fourth-order valence-corrected chi connectivity index (χ4v) is 1.06. The highest BCUT2D eigenvalue weighted by atomic mass is 127. The van der Waals surface area contributed by atoms with Crippen LogP contribution in [0.5, 0.6) is 0 Å². The van der Waals surface area contributed by atoms with Crippen LogP contribution in [0.25, 0.3) is 0 Å². The standard InChI is InChI=1S/C6H11NO2.HI/c8-6(9)5-3-1-2-4-7-5;/h5,7H,1-4H2,(H,8,9);1H. The predicted octanol–water partition coefficient (Wildman–Crippen LogP) is 0.831. The lowest BCUT2D eigenvalue weighted by molar-refractivity contribution is -0.140. The summed E-state index contributed by atoms with van der Waals surface area (Å²) in [6.07, 6.45) is 2.95. The quantitative estimate of drug-likeness (QED) is 0.684. The number of carbonyl (C=O) groups is 1. The minimum atomic E-state index is -0.713. The highest BCUT2D eigenvalue weighted by molar-refractivity contribution is 14.0. The van der Waals surface area contributed by atoms with E-state index >= 15 is 0 Å². The van der Waals surface area contributed by atoms with Crippen molar-refractivity contribution in [2.24, 2.45) is 0 Å². The van der Waals surface area contributed by atoms with Crippen LogP contribution in [-0.4, -0.2) is 23.7 Å². The molecule has 1 heterocycles. The summed E-state index contributed by atoms with van der Waals surface area (Å²) in [5, 5.41) is 11.4. The lowest BCUT2D eigenvalue weighted by atomic mass is 10.1. The third-order valence-electron chi connectivity index (χ3n) is 1.61. The maximum absolute atomic E-state index is 10.3. The predicted molar refractivity (Wildman–Crippen MR) is 48.7 cm³/mol. The first-order valence-corrected chi connectivity index (χ1v) is 3.27. The molecule has 60 valence electrons. The largest absolute Gasteiger partial charge is 0.480 e. The highest BCUT2D eigenvalue weighted by Crippen LogP contribution is 2.05.